The van der Waals surface area contributed by atoms with E-state index in [4.69, 9.17) is 28.9 Å². The van der Waals surface area contributed by atoms with Gasteiger partial charge in [0.1, 0.15) is 0 Å². The van der Waals surface area contributed by atoms with Gasteiger partial charge in [-0.3, -0.25) is 4.68 Å². The summed E-state index contributed by atoms with van der Waals surface area (Å²) in [4.78, 5) is 0. The van der Waals surface area contributed by atoms with Crippen LogP contribution in [0.4, 0.5) is 0 Å². The van der Waals surface area contributed by atoms with E-state index in [0.717, 1.165) is 16.8 Å². The number of nitrogens with zero attached hydrogens (tertiary/aromatic N) is 2. The largest absolute Gasteiger partial charge is 0.324 e. The molecule has 1 aromatic heterocycles. The van der Waals surface area contributed by atoms with Gasteiger partial charge in [0.15, 0.2) is 0 Å². The average Bonchev–Trinajstić information content (AvgIpc) is 2.62. The number of benzene rings is 1. The molecule has 5 heteroatoms. The van der Waals surface area contributed by atoms with E-state index in [1.54, 1.807) is 10.7 Å². The third kappa shape index (κ3) is 2.86. The lowest BCUT2D eigenvalue weighted by molar-refractivity contribution is 0.715. The maximum atomic E-state index is 6.20. The molecule has 0 aliphatic rings. The van der Waals surface area contributed by atoms with Gasteiger partial charge < -0.3 is 5.73 Å². The van der Waals surface area contributed by atoms with Gasteiger partial charge in [-0.2, -0.15) is 5.10 Å². The van der Waals surface area contributed by atoms with Crippen LogP contribution >= 0.6 is 23.2 Å². The van der Waals surface area contributed by atoms with Crippen LogP contribution in [0.2, 0.25) is 10.0 Å². The number of aromatic nitrogens is 2. The quantitative estimate of drug-likeness (QED) is 0.940. The summed E-state index contributed by atoms with van der Waals surface area (Å²) in [5.74, 6) is 0. The van der Waals surface area contributed by atoms with Crippen molar-refractivity contribution >= 4 is 23.2 Å². The summed E-state index contributed by atoms with van der Waals surface area (Å²) in [6.45, 7) is 1.96. The van der Waals surface area contributed by atoms with E-state index < -0.39 is 0 Å². The number of rotatable bonds is 3. The number of aryl methyl sites for hydroxylation is 2. The van der Waals surface area contributed by atoms with E-state index in [-0.39, 0.29) is 6.04 Å². The Morgan fingerprint density at radius 3 is 2.67 bits per heavy atom. The lowest BCUT2D eigenvalue weighted by Gasteiger charge is -2.12. The molecule has 1 atom stereocenters. The van der Waals surface area contributed by atoms with E-state index in [9.17, 15) is 0 Å². The zero-order chi connectivity index (χ0) is 13.3. The first-order valence-electron chi connectivity index (χ1n) is 5.67. The fourth-order valence-electron chi connectivity index (χ4n) is 2.02. The minimum Gasteiger partial charge on any atom is -0.324 e. The number of halogens is 2. The molecule has 0 spiro atoms. The van der Waals surface area contributed by atoms with E-state index in [0.29, 0.717) is 16.5 Å². The van der Waals surface area contributed by atoms with E-state index in [1.807, 2.05) is 32.3 Å². The van der Waals surface area contributed by atoms with Crippen molar-refractivity contribution in [2.24, 2.45) is 12.8 Å². The molecule has 0 amide bonds. The molecular formula is C13H15Cl2N3. The highest BCUT2D eigenvalue weighted by atomic mass is 35.5. The Balaban J connectivity index is 2.21. The van der Waals surface area contributed by atoms with Crippen molar-refractivity contribution in [3.8, 4) is 0 Å². The van der Waals surface area contributed by atoms with Crippen molar-refractivity contribution in [2.45, 2.75) is 19.4 Å². The fourth-order valence-corrected chi connectivity index (χ4v) is 2.50. The van der Waals surface area contributed by atoms with E-state index in [2.05, 4.69) is 5.10 Å². The van der Waals surface area contributed by atoms with Gasteiger partial charge in [0, 0.05) is 34.9 Å². The maximum Gasteiger partial charge on any atom is 0.0641 e. The molecule has 1 heterocycles. The van der Waals surface area contributed by atoms with Crippen LogP contribution in [0, 0.1) is 6.92 Å². The lowest BCUT2D eigenvalue weighted by atomic mass is 10.0. The average molecular weight is 284 g/mol. The van der Waals surface area contributed by atoms with Crippen molar-refractivity contribution < 1.29 is 0 Å². The second kappa shape index (κ2) is 5.31. The fraction of sp³-hybridized carbons (Fsp3) is 0.308. The molecule has 3 nitrogen and oxygen atoms in total. The predicted molar refractivity (Wildman–Crippen MR) is 75.0 cm³/mol. The number of hydrogen-bond acceptors (Lipinski definition) is 2. The van der Waals surface area contributed by atoms with Crippen LogP contribution < -0.4 is 5.73 Å². The van der Waals surface area contributed by atoms with Crippen LogP contribution in [-0.4, -0.2) is 9.78 Å². The Morgan fingerprint density at radius 1 is 1.39 bits per heavy atom. The Hall–Kier alpha value is -1.03. The molecular weight excluding hydrogens is 269 g/mol. The molecule has 1 unspecified atom stereocenters. The van der Waals surface area contributed by atoms with Crippen molar-refractivity contribution in [1.29, 1.82) is 0 Å². The molecule has 0 aliphatic heterocycles. The Labute approximate surface area is 117 Å². The standard InChI is InChI=1S/C13H15Cl2N3/c1-8-11(7-18(2)17-8)13(16)5-9-3-4-10(14)6-12(9)15/h3-4,6-7,13H,5,16H2,1-2H3. The van der Waals surface area contributed by atoms with Gasteiger partial charge in [0.2, 0.25) is 0 Å². The molecule has 18 heavy (non-hydrogen) atoms. The summed E-state index contributed by atoms with van der Waals surface area (Å²) in [5, 5.41) is 5.58. The smallest absolute Gasteiger partial charge is 0.0641 e. The van der Waals surface area contributed by atoms with Gasteiger partial charge in [-0.1, -0.05) is 29.3 Å². The predicted octanol–water partition coefficient (Wildman–Crippen LogP) is 3.28. The van der Waals surface area contributed by atoms with Crippen LogP contribution in [0.1, 0.15) is 22.9 Å². The van der Waals surface area contributed by atoms with Crippen LogP contribution in [0.5, 0.6) is 0 Å². The minimum atomic E-state index is -0.114. The summed E-state index contributed by atoms with van der Waals surface area (Å²) >= 11 is 12.0. The van der Waals surface area contributed by atoms with Crippen LogP contribution in [0.15, 0.2) is 24.4 Å². The topological polar surface area (TPSA) is 43.8 Å². The van der Waals surface area contributed by atoms with Crippen molar-refractivity contribution in [2.75, 3.05) is 0 Å². The molecule has 0 saturated carbocycles. The summed E-state index contributed by atoms with van der Waals surface area (Å²) in [5.41, 5.74) is 9.20. The Morgan fingerprint density at radius 2 is 2.11 bits per heavy atom. The summed E-state index contributed by atoms with van der Waals surface area (Å²) < 4.78 is 1.77. The van der Waals surface area contributed by atoms with E-state index >= 15 is 0 Å². The van der Waals surface area contributed by atoms with Gasteiger partial charge >= 0.3 is 0 Å². The first kappa shape index (κ1) is 13.4. The zero-order valence-electron chi connectivity index (χ0n) is 10.3. The highest BCUT2D eigenvalue weighted by molar-refractivity contribution is 6.35. The number of hydrogen-bond donors (Lipinski definition) is 1. The monoisotopic (exact) mass is 283 g/mol. The minimum absolute atomic E-state index is 0.114. The third-order valence-electron chi connectivity index (χ3n) is 2.91. The van der Waals surface area contributed by atoms with Crippen LogP contribution in [0.3, 0.4) is 0 Å². The highest BCUT2D eigenvalue weighted by Crippen LogP contribution is 2.25. The second-order valence-electron chi connectivity index (χ2n) is 4.39. The zero-order valence-corrected chi connectivity index (χ0v) is 11.8. The van der Waals surface area contributed by atoms with Crippen LogP contribution in [-0.2, 0) is 13.5 Å². The highest BCUT2D eigenvalue weighted by Gasteiger charge is 2.14. The molecule has 2 rings (SSSR count). The first-order chi connectivity index (χ1) is 8.47. The second-order valence-corrected chi connectivity index (χ2v) is 5.23. The summed E-state index contributed by atoms with van der Waals surface area (Å²) in [6.07, 6.45) is 2.62. The summed E-state index contributed by atoms with van der Waals surface area (Å²) in [7, 11) is 1.89. The maximum absolute atomic E-state index is 6.20. The van der Waals surface area contributed by atoms with Gasteiger partial charge in [0.25, 0.3) is 0 Å². The molecule has 0 saturated heterocycles. The van der Waals surface area contributed by atoms with Gasteiger partial charge in [-0.15, -0.1) is 0 Å². The molecule has 0 aliphatic carbocycles. The lowest BCUT2D eigenvalue weighted by Crippen LogP contribution is -2.14. The summed E-state index contributed by atoms with van der Waals surface area (Å²) in [6, 6.07) is 5.36. The SMILES string of the molecule is Cc1nn(C)cc1C(N)Cc1ccc(Cl)cc1Cl. The molecule has 0 radical (unpaired) electrons. The van der Waals surface area contributed by atoms with Gasteiger partial charge in [0.05, 0.1) is 5.69 Å². The number of nitrogens with two attached hydrogens (primary N) is 1. The van der Waals surface area contributed by atoms with E-state index in [1.165, 1.54) is 0 Å². The molecule has 0 fully saturated rings. The van der Waals surface area contributed by atoms with Gasteiger partial charge in [-0.25, -0.2) is 0 Å². The first-order valence-corrected chi connectivity index (χ1v) is 6.42. The Bertz CT molecular complexity index is 563. The third-order valence-corrected chi connectivity index (χ3v) is 3.49. The van der Waals surface area contributed by atoms with Crippen molar-refractivity contribution in [1.82, 2.24) is 9.78 Å². The molecule has 0 bridgehead atoms. The Kier molecular flexibility index (Phi) is 3.95. The molecule has 96 valence electrons. The molecule has 1 aromatic carbocycles. The molecule has 2 N–H and O–H groups in total. The van der Waals surface area contributed by atoms with Crippen molar-refractivity contribution in [3.63, 3.8) is 0 Å². The van der Waals surface area contributed by atoms with Gasteiger partial charge in [-0.05, 0) is 31.0 Å². The van der Waals surface area contributed by atoms with Crippen LogP contribution in [0.25, 0.3) is 0 Å². The molecule has 2 aromatic rings. The van der Waals surface area contributed by atoms with Crippen molar-refractivity contribution in [3.05, 3.63) is 51.3 Å². The normalized spacial score (nSPS) is 12.7.